The topological polar surface area (TPSA) is 68.9 Å². The standard InChI is InChI=1S/C3H2N6/c1-3-6-7-8-9(3)5-2-4-1/h1-2H. The van der Waals surface area contributed by atoms with Gasteiger partial charge >= 0.3 is 0 Å². The predicted molar refractivity (Wildman–Crippen MR) is 26.4 cm³/mol. The molecule has 0 bridgehead atoms. The largest absolute Gasteiger partial charge is 0.239 e. The summed E-state index contributed by atoms with van der Waals surface area (Å²) in [5, 5.41) is 14.2. The van der Waals surface area contributed by atoms with Gasteiger partial charge in [-0.15, -0.1) is 14.8 Å². The number of fused-ring (bicyclic) bond motifs is 1. The molecule has 44 valence electrons. The van der Waals surface area contributed by atoms with E-state index in [1.807, 2.05) is 0 Å². The highest BCUT2D eigenvalue weighted by Crippen LogP contribution is 1.83. The number of hydrogen-bond acceptors (Lipinski definition) is 5. The van der Waals surface area contributed by atoms with Crippen LogP contribution in [0.2, 0.25) is 0 Å². The Bertz CT molecular complexity index is 282. The van der Waals surface area contributed by atoms with Crippen LogP contribution in [0, 0.1) is 0 Å². The highest BCUT2D eigenvalue weighted by atomic mass is 15.6. The molecule has 0 amide bonds. The summed E-state index contributed by atoms with van der Waals surface area (Å²) < 4.78 is 1.30. The molecule has 0 unspecified atom stereocenters. The second kappa shape index (κ2) is 1.44. The van der Waals surface area contributed by atoms with E-state index in [9.17, 15) is 0 Å². The van der Waals surface area contributed by atoms with E-state index < -0.39 is 0 Å². The molecule has 0 spiro atoms. The molecule has 2 rings (SSSR count). The Morgan fingerprint density at radius 3 is 3.33 bits per heavy atom. The van der Waals surface area contributed by atoms with Crippen molar-refractivity contribution in [1.29, 1.82) is 0 Å². The third kappa shape index (κ3) is 0.525. The van der Waals surface area contributed by atoms with Crippen LogP contribution in [0.5, 0.6) is 0 Å². The molecule has 2 aromatic heterocycles. The fraction of sp³-hybridized carbons (Fsp3) is 0. The fourth-order valence-corrected chi connectivity index (χ4v) is 0.528. The lowest BCUT2D eigenvalue weighted by Crippen LogP contribution is -1.92. The van der Waals surface area contributed by atoms with Gasteiger partial charge in [-0.3, -0.25) is 0 Å². The van der Waals surface area contributed by atoms with Crippen LogP contribution < -0.4 is 0 Å². The zero-order chi connectivity index (χ0) is 6.10. The Labute approximate surface area is 49.5 Å². The fourth-order valence-electron chi connectivity index (χ4n) is 0.528. The van der Waals surface area contributed by atoms with Crippen LogP contribution in [0.1, 0.15) is 0 Å². The number of nitrogens with zero attached hydrogens (tertiary/aromatic N) is 6. The SMILES string of the molecule is c1ncc2nnnn2n1. The first kappa shape index (κ1) is 4.30. The van der Waals surface area contributed by atoms with Gasteiger partial charge < -0.3 is 0 Å². The summed E-state index contributed by atoms with van der Waals surface area (Å²) in [7, 11) is 0. The van der Waals surface area contributed by atoms with Gasteiger partial charge in [0.25, 0.3) is 0 Å². The summed E-state index contributed by atoms with van der Waals surface area (Å²) in [6, 6.07) is 0. The maximum absolute atomic E-state index is 3.71. The molecule has 0 aliphatic rings. The van der Waals surface area contributed by atoms with Crippen molar-refractivity contribution >= 4 is 5.65 Å². The average Bonchev–Trinajstić information content (AvgIpc) is 2.33. The molecule has 0 N–H and O–H groups in total. The summed E-state index contributed by atoms with van der Waals surface area (Å²) in [6.45, 7) is 0. The Balaban J connectivity index is 2.95. The first-order valence-electron chi connectivity index (χ1n) is 2.31. The van der Waals surface area contributed by atoms with Crippen LogP contribution in [-0.2, 0) is 0 Å². The first-order chi connectivity index (χ1) is 4.47. The van der Waals surface area contributed by atoms with Crippen LogP contribution in [-0.4, -0.2) is 30.2 Å². The monoisotopic (exact) mass is 122 g/mol. The van der Waals surface area contributed by atoms with Crippen LogP contribution >= 0.6 is 0 Å². The van der Waals surface area contributed by atoms with Gasteiger partial charge in [-0.05, 0) is 10.4 Å². The molecule has 0 aromatic carbocycles. The minimum atomic E-state index is 0.553. The van der Waals surface area contributed by atoms with Gasteiger partial charge in [0, 0.05) is 0 Å². The van der Waals surface area contributed by atoms with E-state index in [0.29, 0.717) is 5.65 Å². The van der Waals surface area contributed by atoms with E-state index in [0.717, 1.165) is 0 Å². The van der Waals surface area contributed by atoms with Crippen molar-refractivity contribution in [3.63, 3.8) is 0 Å². The highest BCUT2D eigenvalue weighted by Gasteiger charge is 1.91. The van der Waals surface area contributed by atoms with Crippen molar-refractivity contribution in [2.45, 2.75) is 0 Å². The average molecular weight is 122 g/mol. The van der Waals surface area contributed by atoms with Crippen molar-refractivity contribution < 1.29 is 0 Å². The highest BCUT2D eigenvalue weighted by molar-refractivity contribution is 5.27. The van der Waals surface area contributed by atoms with Gasteiger partial charge in [0.05, 0.1) is 6.20 Å². The van der Waals surface area contributed by atoms with Gasteiger partial charge in [0.15, 0.2) is 0 Å². The molecule has 0 aliphatic carbocycles. The molecule has 6 nitrogen and oxygen atoms in total. The summed E-state index contributed by atoms with van der Waals surface area (Å²) in [5.74, 6) is 0. The van der Waals surface area contributed by atoms with Crippen LogP contribution in [0.15, 0.2) is 12.5 Å². The molecule has 2 aromatic rings. The predicted octanol–water partition coefficient (Wildman–Crippen LogP) is -1.09. The van der Waals surface area contributed by atoms with E-state index in [1.165, 1.54) is 17.2 Å². The number of tetrazole rings is 1. The van der Waals surface area contributed by atoms with E-state index in [4.69, 9.17) is 0 Å². The molecule has 6 heteroatoms. The van der Waals surface area contributed by atoms with Crippen molar-refractivity contribution in [2.24, 2.45) is 0 Å². The van der Waals surface area contributed by atoms with Crippen LogP contribution in [0.25, 0.3) is 5.65 Å². The Hall–Kier alpha value is -1.59. The van der Waals surface area contributed by atoms with Gasteiger partial charge in [-0.1, -0.05) is 0 Å². The maximum Gasteiger partial charge on any atom is 0.218 e. The summed E-state index contributed by atoms with van der Waals surface area (Å²) in [5.41, 5.74) is 0.553. The van der Waals surface area contributed by atoms with Crippen molar-refractivity contribution in [1.82, 2.24) is 30.2 Å². The molecule has 0 saturated carbocycles. The Kier molecular flexibility index (Phi) is 0.689. The molecule has 9 heavy (non-hydrogen) atoms. The first-order valence-corrected chi connectivity index (χ1v) is 2.31. The number of rotatable bonds is 0. The summed E-state index contributed by atoms with van der Waals surface area (Å²) in [6.07, 6.45) is 2.91. The molecule has 0 radical (unpaired) electrons. The van der Waals surface area contributed by atoms with Gasteiger partial charge in [0.2, 0.25) is 5.65 Å². The van der Waals surface area contributed by atoms with E-state index in [1.54, 1.807) is 0 Å². The van der Waals surface area contributed by atoms with Gasteiger partial charge in [-0.25, -0.2) is 4.98 Å². The Morgan fingerprint density at radius 2 is 2.44 bits per heavy atom. The minimum Gasteiger partial charge on any atom is -0.239 e. The lowest BCUT2D eigenvalue weighted by Gasteiger charge is -1.80. The maximum atomic E-state index is 3.71. The van der Waals surface area contributed by atoms with Gasteiger partial charge in [0.1, 0.15) is 6.33 Å². The van der Waals surface area contributed by atoms with Crippen LogP contribution in [0.3, 0.4) is 0 Å². The second-order valence-corrected chi connectivity index (χ2v) is 1.44. The third-order valence-electron chi connectivity index (χ3n) is 0.894. The van der Waals surface area contributed by atoms with Crippen LogP contribution in [0.4, 0.5) is 0 Å². The van der Waals surface area contributed by atoms with E-state index >= 15 is 0 Å². The minimum absolute atomic E-state index is 0.553. The lowest BCUT2D eigenvalue weighted by atomic mass is 10.8. The van der Waals surface area contributed by atoms with E-state index in [2.05, 4.69) is 25.6 Å². The Morgan fingerprint density at radius 1 is 1.44 bits per heavy atom. The molecule has 0 saturated heterocycles. The molecule has 0 fully saturated rings. The molecule has 0 aliphatic heterocycles. The smallest absolute Gasteiger partial charge is 0.218 e. The summed E-state index contributed by atoms with van der Waals surface area (Å²) in [4.78, 5) is 3.71. The van der Waals surface area contributed by atoms with Crippen molar-refractivity contribution in [3.05, 3.63) is 12.5 Å². The lowest BCUT2D eigenvalue weighted by molar-refractivity contribution is 0.723. The second-order valence-electron chi connectivity index (χ2n) is 1.44. The third-order valence-corrected chi connectivity index (χ3v) is 0.894. The van der Waals surface area contributed by atoms with Gasteiger partial charge in [-0.2, -0.15) is 0 Å². The molecular formula is C3H2N6. The molecule has 0 atom stereocenters. The van der Waals surface area contributed by atoms with Crippen molar-refractivity contribution in [2.75, 3.05) is 0 Å². The summed E-state index contributed by atoms with van der Waals surface area (Å²) >= 11 is 0. The number of hydrogen-bond donors (Lipinski definition) is 0. The van der Waals surface area contributed by atoms with Crippen molar-refractivity contribution in [3.8, 4) is 0 Å². The van der Waals surface area contributed by atoms with E-state index in [-0.39, 0.29) is 0 Å². The zero-order valence-electron chi connectivity index (χ0n) is 4.34. The zero-order valence-corrected chi connectivity index (χ0v) is 4.34. The molecular weight excluding hydrogens is 120 g/mol. The molecule has 2 heterocycles. The quantitative estimate of drug-likeness (QED) is 0.444. The number of aromatic nitrogens is 6. The normalized spacial score (nSPS) is 10.2.